The van der Waals surface area contributed by atoms with Gasteiger partial charge in [-0.05, 0) is 24.0 Å². The van der Waals surface area contributed by atoms with Crippen molar-refractivity contribution in [3.8, 4) is 11.5 Å². The zero-order valence-corrected chi connectivity index (χ0v) is 12.0. The van der Waals surface area contributed by atoms with Crippen LogP contribution < -0.4 is 14.8 Å². The Morgan fingerprint density at radius 3 is 2.75 bits per heavy atom. The number of ether oxygens (including phenoxy) is 2. The van der Waals surface area contributed by atoms with E-state index in [1.165, 1.54) is 16.8 Å². The summed E-state index contributed by atoms with van der Waals surface area (Å²) >= 11 is 1.70. The Labute approximate surface area is 121 Å². The van der Waals surface area contributed by atoms with Gasteiger partial charge in [0.05, 0.1) is 6.54 Å². The minimum absolute atomic E-state index is 0.608. The van der Waals surface area contributed by atoms with Crippen LogP contribution in [0.2, 0.25) is 0 Å². The number of benzene rings is 1. The van der Waals surface area contributed by atoms with Gasteiger partial charge in [0.2, 0.25) is 0 Å². The van der Waals surface area contributed by atoms with Gasteiger partial charge in [-0.15, -0.1) is 11.8 Å². The van der Waals surface area contributed by atoms with Crippen LogP contribution in [0.3, 0.4) is 0 Å². The van der Waals surface area contributed by atoms with Gasteiger partial charge in [-0.25, -0.2) is 4.98 Å². The fourth-order valence-corrected chi connectivity index (χ4v) is 2.69. The average molecular weight is 292 g/mol. The number of H-pyrrole nitrogens is 1. The first-order valence-electron chi connectivity index (χ1n) is 6.38. The van der Waals surface area contributed by atoms with E-state index in [0.29, 0.717) is 19.8 Å². The normalized spacial score (nSPS) is 13.4. The number of hydrogen-bond acceptors (Lipinski definition) is 6. The van der Waals surface area contributed by atoms with Crippen LogP contribution in [0.4, 0.5) is 0 Å². The van der Waals surface area contributed by atoms with Crippen LogP contribution in [0.25, 0.3) is 0 Å². The lowest BCUT2D eigenvalue weighted by molar-refractivity contribution is 0.171. The van der Waals surface area contributed by atoms with E-state index in [1.54, 1.807) is 11.8 Å². The number of aromatic amines is 1. The molecule has 0 saturated carbocycles. The van der Waals surface area contributed by atoms with Gasteiger partial charge in [0.1, 0.15) is 25.4 Å². The third kappa shape index (κ3) is 2.88. The monoisotopic (exact) mass is 292 g/mol. The predicted molar refractivity (Wildman–Crippen MR) is 76.1 cm³/mol. The molecule has 20 heavy (non-hydrogen) atoms. The Kier molecular flexibility index (Phi) is 4.08. The van der Waals surface area contributed by atoms with Crippen molar-refractivity contribution in [3.63, 3.8) is 0 Å². The van der Waals surface area contributed by atoms with Crippen molar-refractivity contribution in [3.05, 3.63) is 29.8 Å². The first-order chi connectivity index (χ1) is 9.86. The van der Waals surface area contributed by atoms with Crippen molar-refractivity contribution >= 4 is 11.8 Å². The molecule has 6 nitrogen and oxygen atoms in total. The maximum absolute atomic E-state index is 5.63. The fraction of sp³-hybridized carbons (Fsp3) is 0.385. The van der Waals surface area contributed by atoms with E-state index in [0.717, 1.165) is 23.9 Å². The molecule has 0 aliphatic carbocycles. The summed E-state index contributed by atoms with van der Waals surface area (Å²) in [4.78, 5) is 5.27. The molecule has 0 unspecified atom stereocenters. The number of nitrogens with zero attached hydrogens (tertiary/aromatic N) is 2. The van der Waals surface area contributed by atoms with Crippen molar-refractivity contribution in [2.75, 3.05) is 19.5 Å². The summed E-state index contributed by atoms with van der Waals surface area (Å²) in [5.74, 6) is 2.48. The Morgan fingerprint density at radius 2 is 2.05 bits per heavy atom. The van der Waals surface area contributed by atoms with Crippen LogP contribution in [0.5, 0.6) is 11.5 Å². The average Bonchev–Trinajstić information content (AvgIpc) is 3.00. The van der Waals surface area contributed by atoms with Crippen molar-refractivity contribution in [1.82, 2.24) is 20.5 Å². The number of thioether (sulfide) groups is 1. The predicted octanol–water partition coefficient (Wildman–Crippen LogP) is 1.59. The number of fused-ring (bicyclic) bond motifs is 1. The molecule has 7 heteroatoms. The summed E-state index contributed by atoms with van der Waals surface area (Å²) in [7, 11) is 0. The number of nitrogens with one attached hydrogen (secondary N) is 2. The van der Waals surface area contributed by atoms with Crippen molar-refractivity contribution < 1.29 is 9.47 Å². The lowest BCUT2D eigenvalue weighted by Crippen LogP contribution is -2.17. The van der Waals surface area contributed by atoms with E-state index in [9.17, 15) is 0 Å². The van der Waals surface area contributed by atoms with E-state index in [-0.39, 0.29) is 0 Å². The van der Waals surface area contributed by atoms with Gasteiger partial charge in [-0.3, -0.25) is 5.10 Å². The van der Waals surface area contributed by atoms with Crippen LogP contribution in [0.1, 0.15) is 11.4 Å². The largest absolute Gasteiger partial charge is 0.486 e. The van der Waals surface area contributed by atoms with Crippen molar-refractivity contribution in [2.24, 2.45) is 0 Å². The van der Waals surface area contributed by atoms with Crippen molar-refractivity contribution in [1.29, 1.82) is 0 Å². The van der Waals surface area contributed by atoms with Crippen LogP contribution in [-0.2, 0) is 13.1 Å². The molecule has 2 N–H and O–H groups in total. The number of hydrogen-bond donors (Lipinski definition) is 2. The molecule has 2 aromatic rings. The summed E-state index contributed by atoms with van der Waals surface area (Å²) in [6.45, 7) is 2.62. The minimum atomic E-state index is 0.608. The van der Waals surface area contributed by atoms with E-state index < -0.39 is 0 Å². The zero-order valence-electron chi connectivity index (χ0n) is 11.2. The van der Waals surface area contributed by atoms with Gasteiger partial charge >= 0.3 is 0 Å². The molecule has 1 aliphatic rings. The molecule has 106 valence electrons. The topological polar surface area (TPSA) is 72.1 Å². The van der Waals surface area contributed by atoms with Gasteiger partial charge in [0.15, 0.2) is 11.5 Å². The highest BCUT2D eigenvalue weighted by atomic mass is 32.2. The van der Waals surface area contributed by atoms with Gasteiger partial charge < -0.3 is 14.8 Å². The van der Waals surface area contributed by atoms with Crippen LogP contribution in [0.15, 0.2) is 23.4 Å². The molecule has 0 saturated heterocycles. The highest BCUT2D eigenvalue weighted by molar-refractivity contribution is 7.98. The Hall–Kier alpha value is -1.73. The molecule has 0 amide bonds. The first-order valence-corrected chi connectivity index (χ1v) is 7.61. The Balaban J connectivity index is 1.71. The molecule has 0 spiro atoms. The van der Waals surface area contributed by atoms with Gasteiger partial charge in [-0.1, -0.05) is 0 Å². The van der Waals surface area contributed by atoms with Crippen LogP contribution in [-0.4, -0.2) is 34.7 Å². The third-order valence-electron chi connectivity index (χ3n) is 3.02. The highest BCUT2D eigenvalue weighted by Gasteiger charge is 2.15. The molecule has 2 heterocycles. The number of aromatic nitrogens is 3. The van der Waals surface area contributed by atoms with Crippen LogP contribution in [0, 0.1) is 0 Å². The minimum Gasteiger partial charge on any atom is -0.486 e. The number of rotatable bonds is 5. The van der Waals surface area contributed by atoms with E-state index >= 15 is 0 Å². The van der Waals surface area contributed by atoms with Crippen molar-refractivity contribution in [2.45, 2.75) is 18.0 Å². The van der Waals surface area contributed by atoms with Gasteiger partial charge in [-0.2, -0.15) is 5.10 Å². The molecular weight excluding hydrogens is 276 g/mol. The summed E-state index contributed by atoms with van der Waals surface area (Å²) < 4.78 is 11.2. The third-order valence-corrected chi connectivity index (χ3v) is 3.84. The molecule has 0 radical (unpaired) electrons. The van der Waals surface area contributed by atoms with E-state index in [4.69, 9.17) is 9.47 Å². The Bertz CT molecular complexity index is 574. The highest BCUT2D eigenvalue weighted by Crippen LogP contribution is 2.36. The molecule has 1 aromatic carbocycles. The summed E-state index contributed by atoms with van der Waals surface area (Å²) in [5, 5.41) is 9.99. The molecule has 0 bridgehead atoms. The van der Waals surface area contributed by atoms with Gasteiger partial charge in [0.25, 0.3) is 0 Å². The Morgan fingerprint density at radius 1 is 1.25 bits per heavy atom. The second-order valence-corrected chi connectivity index (χ2v) is 5.19. The summed E-state index contributed by atoms with van der Waals surface area (Å²) in [5.41, 5.74) is 1.20. The molecule has 1 aliphatic heterocycles. The van der Waals surface area contributed by atoms with Crippen LogP contribution >= 0.6 is 11.8 Å². The van der Waals surface area contributed by atoms with E-state index in [1.807, 2.05) is 12.1 Å². The maximum Gasteiger partial charge on any atom is 0.162 e. The lowest BCUT2D eigenvalue weighted by atomic mass is 10.2. The summed E-state index contributed by atoms with van der Waals surface area (Å²) in [6.07, 6.45) is 3.57. The fourth-order valence-electron chi connectivity index (χ4n) is 2.07. The molecular formula is C13H16N4O2S. The standard InChI is InChI=1S/C13H16N4O2S/c1-20-12-5-11-10(18-2-3-19-11)4-9(12)6-14-7-13-15-8-16-17-13/h4-5,8,14H,2-3,6-7H2,1H3,(H,15,16,17). The summed E-state index contributed by atoms with van der Waals surface area (Å²) in [6, 6.07) is 4.10. The second kappa shape index (κ2) is 6.15. The zero-order chi connectivity index (χ0) is 13.8. The molecule has 3 rings (SSSR count). The molecule has 1 aromatic heterocycles. The smallest absolute Gasteiger partial charge is 0.162 e. The maximum atomic E-state index is 5.63. The lowest BCUT2D eigenvalue weighted by Gasteiger charge is -2.20. The first kappa shape index (κ1) is 13.3. The van der Waals surface area contributed by atoms with Gasteiger partial charge in [0, 0.05) is 11.4 Å². The quantitative estimate of drug-likeness (QED) is 0.815. The second-order valence-electron chi connectivity index (χ2n) is 4.34. The molecule has 0 atom stereocenters. The van der Waals surface area contributed by atoms with E-state index in [2.05, 4.69) is 26.8 Å². The SMILES string of the molecule is CSc1cc2c(cc1CNCc1ncn[nH]1)OCCO2. The molecule has 0 fully saturated rings.